The minimum absolute atomic E-state index is 0.201. The molecule has 1 amide bonds. The van der Waals surface area contributed by atoms with E-state index in [4.69, 9.17) is 0 Å². The van der Waals surface area contributed by atoms with Crippen LogP contribution >= 0.6 is 0 Å². The predicted molar refractivity (Wildman–Crippen MR) is 51.5 cm³/mol. The zero-order valence-corrected chi connectivity index (χ0v) is 8.31. The number of carbonyl (C=O) groups excluding carboxylic acids is 1. The zero-order chi connectivity index (χ0) is 9.31. The molecule has 13 heavy (non-hydrogen) atoms. The summed E-state index contributed by atoms with van der Waals surface area (Å²) in [4.78, 5) is 13.8. The summed E-state index contributed by atoms with van der Waals surface area (Å²) < 4.78 is 0. The Morgan fingerprint density at radius 1 is 1.54 bits per heavy atom. The van der Waals surface area contributed by atoms with Gasteiger partial charge in [-0.2, -0.15) is 0 Å². The monoisotopic (exact) mass is 182 g/mol. The van der Waals surface area contributed by atoms with E-state index in [-0.39, 0.29) is 5.54 Å². The number of nitrogens with one attached hydrogen (secondary N) is 1. The molecular weight excluding hydrogens is 164 g/mol. The van der Waals surface area contributed by atoms with E-state index in [2.05, 4.69) is 10.2 Å². The second kappa shape index (κ2) is 3.29. The van der Waals surface area contributed by atoms with Crippen molar-refractivity contribution in [2.24, 2.45) is 0 Å². The number of nitrogens with zero attached hydrogens (tertiary/aromatic N) is 1. The van der Waals surface area contributed by atoms with Gasteiger partial charge in [-0.05, 0) is 25.8 Å². The summed E-state index contributed by atoms with van der Waals surface area (Å²) in [5, 5.41) is 3.37. The molecule has 2 saturated heterocycles. The van der Waals surface area contributed by atoms with Gasteiger partial charge in [-0.3, -0.25) is 4.79 Å². The van der Waals surface area contributed by atoms with Crippen LogP contribution in [-0.4, -0.2) is 36.0 Å². The molecule has 0 aromatic rings. The Hall–Kier alpha value is -0.570. The molecule has 2 rings (SSSR count). The molecule has 2 heterocycles. The highest BCUT2D eigenvalue weighted by Crippen LogP contribution is 2.34. The van der Waals surface area contributed by atoms with E-state index in [1.54, 1.807) is 0 Å². The highest BCUT2D eigenvalue weighted by Gasteiger charge is 2.44. The van der Waals surface area contributed by atoms with Gasteiger partial charge in [0.15, 0.2) is 0 Å². The number of hydrogen-bond acceptors (Lipinski definition) is 2. The van der Waals surface area contributed by atoms with Gasteiger partial charge in [0.05, 0.1) is 5.54 Å². The largest absolute Gasteiger partial charge is 0.336 e. The maximum Gasteiger partial charge on any atom is 0.222 e. The molecule has 2 aliphatic rings. The van der Waals surface area contributed by atoms with E-state index in [0.717, 1.165) is 26.1 Å². The fourth-order valence-electron chi connectivity index (χ4n) is 2.69. The fourth-order valence-corrected chi connectivity index (χ4v) is 2.69. The third kappa shape index (κ3) is 1.35. The Balaban J connectivity index is 2.13. The summed E-state index contributed by atoms with van der Waals surface area (Å²) in [5.41, 5.74) is 0.201. The maximum absolute atomic E-state index is 11.7. The van der Waals surface area contributed by atoms with Crippen molar-refractivity contribution in [2.75, 3.05) is 19.6 Å². The average Bonchev–Trinajstić information content (AvgIpc) is 2.76. The smallest absolute Gasteiger partial charge is 0.222 e. The Bertz CT molecular complexity index is 203. The quantitative estimate of drug-likeness (QED) is 0.649. The molecule has 3 heteroatoms. The van der Waals surface area contributed by atoms with Crippen LogP contribution in [0.2, 0.25) is 0 Å². The lowest BCUT2D eigenvalue weighted by molar-refractivity contribution is -0.134. The molecule has 3 nitrogen and oxygen atoms in total. The van der Waals surface area contributed by atoms with E-state index >= 15 is 0 Å². The normalized spacial score (nSPS) is 33.2. The van der Waals surface area contributed by atoms with E-state index in [1.165, 1.54) is 12.8 Å². The topological polar surface area (TPSA) is 32.3 Å². The zero-order valence-electron chi connectivity index (χ0n) is 8.31. The number of amides is 1. The van der Waals surface area contributed by atoms with Crippen molar-refractivity contribution in [3.8, 4) is 0 Å². The van der Waals surface area contributed by atoms with Gasteiger partial charge in [-0.15, -0.1) is 0 Å². The average molecular weight is 182 g/mol. The van der Waals surface area contributed by atoms with Gasteiger partial charge >= 0.3 is 0 Å². The lowest BCUT2D eigenvalue weighted by Crippen LogP contribution is -2.48. The van der Waals surface area contributed by atoms with Gasteiger partial charge in [0.2, 0.25) is 5.91 Å². The third-order valence-electron chi connectivity index (χ3n) is 3.42. The number of likely N-dealkylation sites (tertiary alicyclic amines) is 1. The van der Waals surface area contributed by atoms with Gasteiger partial charge in [0, 0.05) is 19.5 Å². The number of hydrogen-bond donors (Lipinski definition) is 1. The lowest BCUT2D eigenvalue weighted by Gasteiger charge is -2.34. The van der Waals surface area contributed by atoms with E-state index < -0.39 is 0 Å². The molecule has 0 aromatic carbocycles. The second-order valence-corrected chi connectivity index (χ2v) is 4.15. The van der Waals surface area contributed by atoms with Crippen molar-refractivity contribution in [1.82, 2.24) is 10.2 Å². The summed E-state index contributed by atoms with van der Waals surface area (Å²) in [6.07, 6.45) is 4.19. The summed E-state index contributed by atoms with van der Waals surface area (Å²) in [6.45, 7) is 5.03. The van der Waals surface area contributed by atoms with Crippen molar-refractivity contribution in [3.05, 3.63) is 0 Å². The summed E-state index contributed by atoms with van der Waals surface area (Å²) in [5.74, 6) is 0.334. The Morgan fingerprint density at radius 2 is 2.38 bits per heavy atom. The molecule has 1 N–H and O–H groups in total. The molecule has 74 valence electrons. The first-order chi connectivity index (χ1) is 6.28. The van der Waals surface area contributed by atoms with Gasteiger partial charge < -0.3 is 10.2 Å². The van der Waals surface area contributed by atoms with Crippen molar-refractivity contribution in [1.29, 1.82) is 0 Å². The molecule has 0 bridgehead atoms. The molecule has 0 saturated carbocycles. The van der Waals surface area contributed by atoms with Crippen LogP contribution in [0.5, 0.6) is 0 Å². The van der Waals surface area contributed by atoms with Gasteiger partial charge in [-0.1, -0.05) is 6.92 Å². The third-order valence-corrected chi connectivity index (χ3v) is 3.42. The Labute approximate surface area is 79.5 Å². The van der Waals surface area contributed by atoms with Crippen molar-refractivity contribution < 1.29 is 4.79 Å². The summed E-state index contributed by atoms with van der Waals surface area (Å²) >= 11 is 0. The van der Waals surface area contributed by atoms with Gasteiger partial charge in [0.25, 0.3) is 0 Å². The van der Waals surface area contributed by atoms with E-state index in [0.29, 0.717) is 12.3 Å². The van der Waals surface area contributed by atoms with E-state index in [9.17, 15) is 4.79 Å². The molecular formula is C10H18N2O. The van der Waals surface area contributed by atoms with Crippen molar-refractivity contribution in [2.45, 2.75) is 38.1 Å². The summed E-state index contributed by atoms with van der Waals surface area (Å²) in [7, 11) is 0. The van der Waals surface area contributed by atoms with Crippen LogP contribution in [0.4, 0.5) is 0 Å². The first-order valence-corrected chi connectivity index (χ1v) is 5.30. The van der Waals surface area contributed by atoms with Crippen molar-refractivity contribution >= 4 is 5.91 Å². The Morgan fingerprint density at radius 3 is 3.00 bits per heavy atom. The highest BCUT2D eigenvalue weighted by atomic mass is 16.2. The van der Waals surface area contributed by atoms with Crippen molar-refractivity contribution in [3.63, 3.8) is 0 Å². The van der Waals surface area contributed by atoms with Crippen LogP contribution < -0.4 is 5.32 Å². The van der Waals surface area contributed by atoms with E-state index in [1.807, 2.05) is 6.92 Å². The molecule has 1 atom stereocenters. The SMILES string of the molecule is CCC(=O)N1CCCC12CCNC2. The fraction of sp³-hybridized carbons (Fsp3) is 0.900. The van der Waals surface area contributed by atoms with Crippen LogP contribution in [0.3, 0.4) is 0 Å². The molecule has 1 spiro atoms. The minimum atomic E-state index is 0.201. The number of rotatable bonds is 1. The maximum atomic E-state index is 11.7. The first kappa shape index (κ1) is 9.00. The van der Waals surface area contributed by atoms with Crippen LogP contribution in [0.15, 0.2) is 0 Å². The highest BCUT2D eigenvalue weighted by molar-refractivity contribution is 5.77. The molecule has 1 unspecified atom stereocenters. The van der Waals surface area contributed by atoms with Crippen LogP contribution in [0.25, 0.3) is 0 Å². The molecule has 2 fully saturated rings. The number of carbonyl (C=O) groups is 1. The van der Waals surface area contributed by atoms with Crippen LogP contribution in [-0.2, 0) is 4.79 Å². The molecule has 2 aliphatic heterocycles. The van der Waals surface area contributed by atoms with Gasteiger partial charge in [-0.25, -0.2) is 0 Å². The van der Waals surface area contributed by atoms with Crippen LogP contribution in [0.1, 0.15) is 32.6 Å². The lowest BCUT2D eigenvalue weighted by atomic mass is 9.95. The van der Waals surface area contributed by atoms with Crippen LogP contribution in [0, 0.1) is 0 Å². The minimum Gasteiger partial charge on any atom is -0.336 e. The molecule has 0 radical (unpaired) electrons. The molecule has 0 aromatic heterocycles. The first-order valence-electron chi connectivity index (χ1n) is 5.30. The predicted octanol–water partition coefficient (Wildman–Crippen LogP) is 0.751. The Kier molecular flexibility index (Phi) is 2.28. The standard InChI is InChI=1S/C10H18N2O/c1-2-9(13)12-7-3-4-10(12)5-6-11-8-10/h11H,2-8H2,1H3. The second-order valence-electron chi connectivity index (χ2n) is 4.15. The molecule has 0 aliphatic carbocycles. The summed E-state index contributed by atoms with van der Waals surface area (Å²) in [6, 6.07) is 0. The van der Waals surface area contributed by atoms with Gasteiger partial charge in [0.1, 0.15) is 0 Å².